The fourth-order valence-electron chi connectivity index (χ4n) is 4.76. The molecule has 5 rings (SSSR count). The summed E-state index contributed by atoms with van der Waals surface area (Å²) >= 11 is 0. The van der Waals surface area contributed by atoms with Crippen LogP contribution in [0.1, 0.15) is 15.9 Å². The molecule has 182 valence electrons. The lowest BCUT2D eigenvalue weighted by Gasteiger charge is -2.36. The summed E-state index contributed by atoms with van der Waals surface area (Å²) < 4.78 is 2.94. The van der Waals surface area contributed by atoms with Gasteiger partial charge in [0.25, 0.3) is 5.91 Å². The molecule has 2 heterocycles. The molecule has 1 saturated heterocycles. The number of carbonyl (C=O) groups is 1. The highest BCUT2D eigenvalue weighted by Crippen LogP contribution is 2.18. The molecule has 0 aliphatic carbocycles. The normalized spacial score (nSPS) is 13.7. The van der Waals surface area contributed by atoms with E-state index in [2.05, 4.69) is 23.6 Å². The van der Waals surface area contributed by atoms with Gasteiger partial charge in [0.2, 0.25) is 0 Å². The summed E-state index contributed by atoms with van der Waals surface area (Å²) in [6.07, 6.45) is 1.61. The van der Waals surface area contributed by atoms with Crippen LogP contribution in [0.2, 0.25) is 0 Å². The number of allylic oxidation sites excluding steroid dienone is 1. The van der Waals surface area contributed by atoms with Gasteiger partial charge in [-0.3, -0.25) is 23.5 Å². The van der Waals surface area contributed by atoms with Gasteiger partial charge in [-0.25, -0.2) is 0 Å². The topological polar surface area (TPSA) is 67.5 Å². The molecule has 0 saturated carbocycles. The van der Waals surface area contributed by atoms with Crippen molar-refractivity contribution >= 4 is 22.6 Å². The van der Waals surface area contributed by atoms with Gasteiger partial charge >= 0.3 is 11.1 Å². The van der Waals surface area contributed by atoms with Crippen LogP contribution < -0.4 is 16.0 Å². The van der Waals surface area contributed by atoms with E-state index in [1.807, 2.05) is 59.5 Å². The molecular formula is C29H28N4O3. The van der Waals surface area contributed by atoms with Crippen molar-refractivity contribution in [3.8, 4) is 0 Å². The van der Waals surface area contributed by atoms with Crippen molar-refractivity contribution in [3.63, 3.8) is 0 Å². The number of hydrogen-bond donors (Lipinski definition) is 0. The zero-order valence-corrected chi connectivity index (χ0v) is 20.0. The van der Waals surface area contributed by atoms with E-state index in [0.29, 0.717) is 29.7 Å². The zero-order chi connectivity index (χ0) is 25.1. The third kappa shape index (κ3) is 4.47. The van der Waals surface area contributed by atoms with Crippen LogP contribution in [-0.4, -0.2) is 46.1 Å². The standard InChI is InChI=1S/C29H28N4O3/c1-2-16-32-25-10-6-7-11-26(25)33(29(36)28(32)35)21-22-12-14-23(15-13-22)27(34)31-19-17-30(18-20-31)24-8-4-3-5-9-24/h2-15H,1,16-21H2. The quantitative estimate of drug-likeness (QED) is 0.314. The van der Waals surface area contributed by atoms with Crippen LogP contribution in [0.3, 0.4) is 0 Å². The van der Waals surface area contributed by atoms with Gasteiger partial charge in [-0.1, -0.05) is 48.5 Å². The molecule has 0 bridgehead atoms. The summed E-state index contributed by atoms with van der Waals surface area (Å²) in [7, 11) is 0. The highest BCUT2D eigenvalue weighted by molar-refractivity contribution is 5.94. The fraction of sp³-hybridized carbons (Fsp3) is 0.207. The number of aromatic nitrogens is 2. The van der Waals surface area contributed by atoms with E-state index in [4.69, 9.17) is 0 Å². The van der Waals surface area contributed by atoms with Gasteiger partial charge in [0.1, 0.15) is 0 Å². The molecule has 0 unspecified atom stereocenters. The molecule has 0 N–H and O–H groups in total. The maximum Gasteiger partial charge on any atom is 0.317 e. The molecular weight excluding hydrogens is 452 g/mol. The summed E-state index contributed by atoms with van der Waals surface area (Å²) in [5.41, 5.74) is 2.85. The second kappa shape index (κ2) is 10.1. The summed E-state index contributed by atoms with van der Waals surface area (Å²) in [6.45, 7) is 7.12. The first kappa shape index (κ1) is 23.4. The Labute approximate surface area is 209 Å². The third-order valence-corrected chi connectivity index (χ3v) is 6.68. The summed E-state index contributed by atoms with van der Waals surface area (Å²) in [4.78, 5) is 42.9. The first-order valence-corrected chi connectivity index (χ1v) is 12.1. The number of piperazine rings is 1. The molecule has 1 fully saturated rings. The molecule has 36 heavy (non-hydrogen) atoms. The van der Waals surface area contributed by atoms with Crippen molar-refractivity contribution in [2.45, 2.75) is 13.1 Å². The second-order valence-electron chi connectivity index (χ2n) is 8.90. The number of fused-ring (bicyclic) bond motifs is 1. The van der Waals surface area contributed by atoms with Gasteiger partial charge in [0.05, 0.1) is 17.6 Å². The molecule has 3 aromatic carbocycles. The molecule has 1 aliphatic heterocycles. The number of hydrogen-bond acceptors (Lipinski definition) is 4. The molecule has 1 aliphatic rings. The van der Waals surface area contributed by atoms with Gasteiger partial charge in [-0.2, -0.15) is 0 Å². The van der Waals surface area contributed by atoms with Gasteiger partial charge in [0, 0.05) is 44.0 Å². The Morgan fingerprint density at radius 3 is 1.97 bits per heavy atom. The molecule has 1 amide bonds. The van der Waals surface area contributed by atoms with Crippen molar-refractivity contribution in [2.75, 3.05) is 31.1 Å². The highest BCUT2D eigenvalue weighted by atomic mass is 16.2. The Morgan fingerprint density at radius 1 is 0.750 bits per heavy atom. The highest BCUT2D eigenvalue weighted by Gasteiger charge is 2.22. The van der Waals surface area contributed by atoms with Crippen LogP contribution in [0, 0.1) is 0 Å². The van der Waals surface area contributed by atoms with Crippen molar-refractivity contribution in [3.05, 3.63) is 123 Å². The Kier molecular flexibility index (Phi) is 6.54. The number of anilines is 1. The zero-order valence-electron chi connectivity index (χ0n) is 20.0. The molecule has 7 nitrogen and oxygen atoms in total. The Hall–Kier alpha value is -4.39. The van der Waals surface area contributed by atoms with Crippen molar-refractivity contribution in [2.24, 2.45) is 0 Å². The average Bonchev–Trinajstić information content (AvgIpc) is 2.94. The number of rotatable bonds is 6. The van der Waals surface area contributed by atoms with Gasteiger partial charge in [-0.05, 0) is 42.0 Å². The predicted octanol–water partition coefficient (Wildman–Crippen LogP) is 3.36. The summed E-state index contributed by atoms with van der Waals surface area (Å²) in [6, 6.07) is 24.9. The van der Waals surface area contributed by atoms with Gasteiger partial charge in [0.15, 0.2) is 0 Å². The van der Waals surface area contributed by atoms with Gasteiger partial charge in [-0.15, -0.1) is 6.58 Å². The second-order valence-corrected chi connectivity index (χ2v) is 8.90. The SMILES string of the molecule is C=CCn1c(=O)c(=O)n(Cc2ccc(C(=O)N3CCN(c4ccccc4)CC3)cc2)c2ccccc21. The predicted molar refractivity (Wildman–Crippen MR) is 143 cm³/mol. The molecule has 0 atom stereocenters. The minimum atomic E-state index is -0.577. The molecule has 1 aromatic heterocycles. The van der Waals surface area contributed by atoms with Crippen molar-refractivity contribution in [1.82, 2.24) is 14.0 Å². The van der Waals surface area contributed by atoms with Crippen molar-refractivity contribution in [1.29, 1.82) is 0 Å². The van der Waals surface area contributed by atoms with E-state index < -0.39 is 11.1 Å². The molecule has 0 radical (unpaired) electrons. The number of para-hydroxylation sites is 3. The third-order valence-electron chi connectivity index (χ3n) is 6.68. The van der Waals surface area contributed by atoms with Crippen LogP contribution in [-0.2, 0) is 13.1 Å². The summed E-state index contributed by atoms with van der Waals surface area (Å²) in [5, 5.41) is 0. The number of benzene rings is 3. The lowest BCUT2D eigenvalue weighted by atomic mass is 10.1. The largest absolute Gasteiger partial charge is 0.368 e. The van der Waals surface area contributed by atoms with Crippen molar-refractivity contribution < 1.29 is 4.79 Å². The van der Waals surface area contributed by atoms with E-state index in [1.54, 1.807) is 18.2 Å². The van der Waals surface area contributed by atoms with E-state index in [1.165, 1.54) is 14.8 Å². The number of nitrogens with zero attached hydrogens (tertiary/aromatic N) is 4. The Morgan fingerprint density at radius 2 is 1.33 bits per heavy atom. The number of carbonyl (C=O) groups excluding carboxylic acids is 1. The minimum absolute atomic E-state index is 0.00361. The van der Waals surface area contributed by atoms with Gasteiger partial charge < -0.3 is 9.80 Å². The van der Waals surface area contributed by atoms with Crippen LogP contribution >= 0.6 is 0 Å². The monoisotopic (exact) mass is 480 g/mol. The minimum Gasteiger partial charge on any atom is -0.368 e. The van der Waals surface area contributed by atoms with Crippen LogP contribution in [0.15, 0.2) is 101 Å². The maximum atomic E-state index is 13.1. The average molecular weight is 481 g/mol. The van der Waals surface area contributed by atoms with Crippen LogP contribution in [0.4, 0.5) is 5.69 Å². The van der Waals surface area contributed by atoms with E-state index in [0.717, 1.165) is 18.7 Å². The molecule has 4 aromatic rings. The number of amides is 1. The van der Waals surface area contributed by atoms with Crippen LogP contribution in [0.5, 0.6) is 0 Å². The van der Waals surface area contributed by atoms with E-state index >= 15 is 0 Å². The van der Waals surface area contributed by atoms with Crippen LogP contribution in [0.25, 0.3) is 11.0 Å². The molecule has 7 heteroatoms. The Balaban J connectivity index is 1.32. The molecule has 0 spiro atoms. The van der Waals surface area contributed by atoms with E-state index in [-0.39, 0.29) is 19.0 Å². The summed E-state index contributed by atoms with van der Waals surface area (Å²) in [5.74, 6) is 0.00361. The Bertz CT molecular complexity index is 1510. The first-order valence-electron chi connectivity index (χ1n) is 12.1. The van der Waals surface area contributed by atoms with E-state index in [9.17, 15) is 14.4 Å². The first-order chi connectivity index (χ1) is 17.6. The lowest BCUT2D eigenvalue weighted by Crippen LogP contribution is -2.48. The fourth-order valence-corrected chi connectivity index (χ4v) is 4.76. The lowest BCUT2D eigenvalue weighted by molar-refractivity contribution is 0.0747. The smallest absolute Gasteiger partial charge is 0.317 e. The maximum absolute atomic E-state index is 13.1.